The third kappa shape index (κ3) is 3.78. The van der Waals surface area contributed by atoms with Gasteiger partial charge in [0.25, 0.3) is 0 Å². The van der Waals surface area contributed by atoms with Gasteiger partial charge in [0.05, 0.1) is 12.7 Å². The zero-order valence-electron chi connectivity index (χ0n) is 9.87. The molecular weight excluding hydrogens is 283 g/mol. The first-order chi connectivity index (χ1) is 8.22. The van der Waals surface area contributed by atoms with Crippen LogP contribution >= 0.6 is 15.9 Å². The number of halogens is 2. The molecule has 3 heteroatoms. The molecule has 1 aliphatic rings. The van der Waals surface area contributed by atoms with Crippen molar-refractivity contribution >= 4 is 15.9 Å². The first-order valence-corrected chi connectivity index (χ1v) is 7.24. The smallest absolute Gasteiger partial charge is 0.120 e. The quantitative estimate of drug-likeness (QED) is 0.755. The zero-order valence-corrected chi connectivity index (χ0v) is 11.5. The highest BCUT2D eigenvalue weighted by molar-refractivity contribution is 9.09. The Morgan fingerprint density at radius 2 is 1.88 bits per heavy atom. The fourth-order valence-electron chi connectivity index (χ4n) is 2.20. The van der Waals surface area contributed by atoms with Gasteiger partial charge < -0.3 is 4.74 Å². The second kappa shape index (κ2) is 5.96. The molecule has 0 heterocycles. The van der Waals surface area contributed by atoms with Crippen molar-refractivity contribution in [2.45, 2.75) is 44.1 Å². The van der Waals surface area contributed by atoms with Gasteiger partial charge in [0, 0.05) is 5.33 Å². The lowest BCUT2D eigenvalue weighted by Gasteiger charge is -2.32. The third-order valence-corrected chi connectivity index (χ3v) is 4.40. The minimum absolute atomic E-state index is 0.220. The minimum Gasteiger partial charge on any atom is -0.374 e. The van der Waals surface area contributed by atoms with E-state index in [0.717, 1.165) is 12.8 Å². The van der Waals surface area contributed by atoms with E-state index in [2.05, 4.69) is 28.1 Å². The van der Waals surface area contributed by atoms with Crippen molar-refractivity contribution in [2.24, 2.45) is 0 Å². The number of benzene rings is 1. The van der Waals surface area contributed by atoms with E-state index < -0.39 is 5.67 Å². The Balaban J connectivity index is 1.75. The lowest BCUT2D eigenvalue weighted by atomic mass is 9.86. The summed E-state index contributed by atoms with van der Waals surface area (Å²) in [5.74, 6) is 0. The van der Waals surface area contributed by atoms with Gasteiger partial charge in [-0.05, 0) is 31.2 Å². The van der Waals surface area contributed by atoms with Gasteiger partial charge in [-0.3, -0.25) is 0 Å². The minimum atomic E-state index is -1.01. The van der Waals surface area contributed by atoms with Crippen LogP contribution in [-0.4, -0.2) is 17.1 Å². The second-order valence-electron chi connectivity index (χ2n) is 4.78. The second-order valence-corrected chi connectivity index (χ2v) is 5.34. The molecule has 0 unspecified atom stereocenters. The highest BCUT2D eigenvalue weighted by Crippen LogP contribution is 2.34. The van der Waals surface area contributed by atoms with Crippen molar-refractivity contribution in [3.63, 3.8) is 0 Å². The first-order valence-electron chi connectivity index (χ1n) is 6.12. The summed E-state index contributed by atoms with van der Waals surface area (Å²) >= 11 is 3.25. The van der Waals surface area contributed by atoms with Crippen LogP contribution in [0.3, 0.4) is 0 Å². The molecule has 0 radical (unpaired) electrons. The zero-order chi connectivity index (χ0) is 12.1. The Bertz CT molecular complexity index is 333. The third-order valence-electron chi connectivity index (χ3n) is 3.40. The van der Waals surface area contributed by atoms with Gasteiger partial charge in [0.2, 0.25) is 0 Å². The fraction of sp³-hybridized carbons (Fsp3) is 0.571. The molecule has 1 saturated carbocycles. The van der Waals surface area contributed by atoms with Gasteiger partial charge >= 0.3 is 0 Å². The SMILES string of the molecule is FC1(CBr)CCC(OCc2ccccc2)CC1. The lowest BCUT2D eigenvalue weighted by Crippen LogP contribution is -2.34. The molecule has 0 aliphatic heterocycles. The number of alkyl halides is 2. The average Bonchev–Trinajstić information content (AvgIpc) is 2.39. The predicted octanol–water partition coefficient (Wildman–Crippen LogP) is 4.25. The van der Waals surface area contributed by atoms with Gasteiger partial charge in [-0.1, -0.05) is 46.3 Å². The molecule has 0 spiro atoms. The summed E-state index contributed by atoms with van der Waals surface area (Å²) in [5.41, 5.74) is 0.178. The maximum absolute atomic E-state index is 13.9. The fourth-order valence-corrected chi connectivity index (χ4v) is 2.76. The highest BCUT2D eigenvalue weighted by Gasteiger charge is 2.34. The first kappa shape index (κ1) is 13.0. The van der Waals surface area contributed by atoms with E-state index in [1.807, 2.05) is 18.2 Å². The van der Waals surface area contributed by atoms with E-state index in [9.17, 15) is 4.39 Å². The molecule has 0 amide bonds. The number of rotatable bonds is 4. The Hall–Kier alpha value is -0.410. The van der Waals surface area contributed by atoms with E-state index in [1.54, 1.807) is 0 Å². The van der Waals surface area contributed by atoms with E-state index in [1.165, 1.54) is 5.56 Å². The molecule has 2 rings (SSSR count). The molecular formula is C14H18BrFO. The van der Waals surface area contributed by atoms with Crippen LogP contribution in [0.15, 0.2) is 30.3 Å². The van der Waals surface area contributed by atoms with Gasteiger partial charge in [0.1, 0.15) is 5.67 Å². The highest BCUT2D eigenvalue weighted by atomic mass is 79.9. The summed E-state index contributed by atoms with van der Waals surface area (Å²) in [5, 5.41) is 0.450. The largest absolute Gasteiger partial charge is 0.374 e. The summed E-state index contributed by atoms with van der Waals surface area (Å²) in [7, 11) is 0. The van der Waals surface area contributed by atoms with Crippen LogP contribution in [0.4, 0.5) is 4.39 Å². The molecule has 94 valence electrons. The molecule has 1 aromatic rings. The molecule has 17 heavy (non-hydrogen) atoms. The van der Waals surface area contributed by atoms with E-state index in [-0.39, 0.29) is 6.10 Å². The van der Waals surface area contributed by atoms with Crippen LogP contribution < -0.4 is 0 Å². The van der Waals surface area contributed by atoms with Crippen molar-refractivity contribution in [1.29, 1.82) is 0 Å². The monoisotopic (exact) mass is 300 g/mol. The standard InChI is InChI=1S/C14H18BrFO/c15-11-14(16)8-6-13(7-9-14)17-10-12-4-2-1-3-5-12/h1-5,13H,6-11H2. The van der Waals surface area contributed by atoms with Crippen molar-refractivity contribution in [3.05, 3.63) is 35.9 Å². The average molecular weight is 301 g/mol. The van der Waals surface area contributed by atoms with Crippen LogP contribution in [-0.2, 0) is 11.3 Å². The Labute approximate surface area is 110 Å². The molecule has 0 N–H and O–H groups in total. The summed E-state index contributed by atoms with van der Waals surface area (Å²) in [6.45, 7) is 0.638. The van der Waals surface area contributed by atoms with Crippen LogP contribution in [0.25, 0.3) is 0 Å². The number of hydrogen-bond acceptors (Lipinski definition) is 1. The molecule has 1 aromatic carbocycles. The Kier molecular flexibility index (Phi) is 4.57. The van der Waals surface area contributed by atoms with Crippen molar-refractivity contribution in [1.82, 2.24) is 0 Å². The number of ether oxygens (including phenoxy) is 1. The summed E-state index contributed by atoms with van der Waals surface area (Å²) < 4.78 is 19.8. The van der Waals surface area contributed by atoms with Gasteiger partial charge in [-0.15, -0.1) is 0 Å². The Morgan fingerprint density at radius 3 is 2.47 bits per heavy atom. The predicted molar refractivity (Wildman–Crippen MR) is 71.1 cm³/mol. The number of hydrogen-bond donors (Lipinski definition) is 0. The van der Waals surface area contributed by atoms with Gasteiger partial charge in [-0.25, -0.2) is 4.39 Å². The molecule has 1 aliphatic carbocycles. The van der Waals surface area contributed by atoms with Crippen molar-refractivity contribution in [3.8, 4) is 0 Å². The maximum atomic E-state index is 13.9. The van der Waals surface area contributed by atoms with Crippen LogP contribution in [0, 0.1) is 0 Å². The van der Waals surface area contributed by atoms with E-state index >= 15 is 0 Å². The molecule has 0 aromatic heterocycles. The van der Waals surface area contributed by atoms with E-state index in [4.69, 9.17) is 4.74 Å². The summed E-state index contributed by atoms with van der Waals surface area (Å²) in [6, 6.07) is 10.1. The van der Waals surface area contributed by atoms with Crippen LogP contribution in [0.1, 0.15) is 31.2 Å². The maximum Gasteiger partial charge on any atom is 0.120 e. The van der Waals surface area contributed by atoms with Gasteiger partial charge in [0.15, 0.2) is 0 Å². The normalized spacial score (nSPS) is 29.2. The molecule has 1 nitrogen and oxygen atoms in total. The molecule has 0 atom stereocenters. The van der Waals surface area contributed by atoms with Crippen LogP contribution in [0.5, 0.6) is 0 Å². The van der Waals surface area contributed by atoms with Crippen LogP contribution in [0.2, 0.25) is 0 Å². The van der Waals surface area contributed by atoms with Crippen molar-refractivity contribution < 1.29 is 9.13 Å². The molecule has 0 bridgehead atoms. The van der Waals surface area contributed by atoms with Crippen molar-refractivity contribution in [2.75, 3.05) is 5.33 Å². The lowest BCUT2D eigenvalue weighted by molar-refractivity contribution is -0.0169. The van der Waals surface area contributed by atoms with Gasteiger partial charge in [-0.2, -0.15) is 0 Å². The Morgan fingerprint density at radius 1 is 1.24 bits per heavy atom. The summed E-state index contributed by atoms with van der Waals surface area (Å²) in [6.07, 6.45) is 3.09. The topological polar surface area (TPSA) is 9.23 Å². The molecule has 0 saturated heterocycles. The van der Waals surface area contributed by atoms with E-state index in [0.29, 0.717) is 24.8 Å². The summed E-state index contributed by atoms with van der Waals surface area (Å²) in [4.78, 5) is 0. The molecule has 1 fully saturated rings.